The Kier molecular flexibility index (Phi) is 13.1. The number of nitrogens with one attached hydrogen (secondary N) is 1. The van der Waals surface area contributed by atoms with E-state index in [1.54, 1.807) is 0 Å². The third-order valence-electron chi connectivity index (χ3n) is 3.17. The smallest absolute Gasteiger partial charge is 0.000226 e. The lowest BCUT2D eigenvalue weighted by molar-refractivity contribution is 0.241. The van der Waals surface area contributed by atoms with Crippen molar-refractivity contribution >= 4 is 0 Å². The Hall–Kier alpha value is -0.0400. The van der Waals surface area contributed by atoms with Crippen molar-refractivity contribution in [3.05, 3.63) is 0 Å². The molecular weight excluding hydrogens is 194 g/mol. The second kappa shape index (κ2) is 11.4. The van der Waals surface area contributed by atoms with Gasteiger partial charge in [-0.1, -0.05) is 60.8 Å². The minimum atomic E-state index is 0.574. The van der Waals surface area contributed by atoms with Crippen molar-refractivity contribution in [1.29, 1.82) is 0 Å². The summed E-state index contributed by atoms with van der Waals surface area (Å²) in [6.45, 7) is 14.0. The van der Waals surface area contributed by atoms with Crippen LogP contribution in [0.25, 0.3) is 0 Å². The van der Waals surface area contributed by atoms with E-state index in [-0.39, 0.29) is 0 Å². The van der Waals surface area contributed by atoms with Crippen LogP contribution >= 0.6 is 0 Å². The monoisotopic (exact) mass is 229 g/mol. The van der Waals surface area contributed by atoms with Gasteiger partial charge < -0.3 is 5.32 Å². The first-order valence-electron chi connectivity index (χ1n) is 7.31. The molecule has 0 bridgehead atoms. The van der Waals surface area contributed by atoms with Crippen LogP contribution in [0.2, 0.25) is 0 Å². The molecule has 0 heterocycles. The maximum absolute atomic E-state index is 3.33. The quantitative estimate of drug-likeness (QED) is 0.666. The van der Waals surface area contributed by atoms with E-state index in [1.165, 1.54) is 38.6 Å². The third kappa shape index (κ3) is 8.15. The Morgan fingerprint density at radius 1 is 1.12 bits per heavy atom. The molecule has 1 aliphatic carbocycles. The average Bonchev–Trinajstić information content (AvgIpc) is 2.46. The van der Waals surface area contributed by atoms with Crippen LogP contribution < -0.4 is 5.32 Å². The molecule has 0 aromatic carbocycles. The Balaban J connectivity index is 0. The maximum Gasteiger partial charge on any atom is 0.000226 e. The van der Waals surface area contributed by atoms with Gasteiger partial charge in [0.2, 0.25) is 0 Å². The number of hydrogen-bond donors (Lipinski definition) is 1. The molecule has 0 aliphatic heterocycles. The van der Waals surface area contributed by atoms with Crippen molar-refractivity contribution in [2.45, 2.75) is 73.6 Å². The molecule has 2 atom stereocenters. The largest absolute Gasteiger partial charge is 0.319 e. The fourth-order valence-electron chi connectivity index (χ4n) is 2.68. The van der Waals surface area contributed by atoms with Crippen molar-refractivity contribution in [1.82, 2.24) is 5.32 Å². The normalized spacial score (nSPS) is 29.1. The van der Waals surface area contributed by atoms with E-state index in [0.29, 0.717) is 5.41 Å². The summed E-state index contributed by atoms with van der Waals surface area (Å²) in [5.74, 6) is 0.936. The van der Waals surface area contributed by atoms with E-state index in [9.17, 15) is 0 Å². The van der Waals surface area contributed by atoms with E-state index in [0.717, 1.165) is 5.92 Å². The van der Waals surface area contributed by atoms with E-state index in [4.69, 9.17) is 0 Å². The molecule has 1 fully saturated rings. The number of rotatable bonds is 2. The summed E-state index contributed by atoms with van der Waals surface area (Å²) >= 11 is 0. The Labute approximate surface area is 104 Å². The zero-order chi connectivity index (χ0) is 13.0. The van der Waals surface area contributed by atoms with Crippen molar-refractivity contribution in [3.8, 4) is 0 Å². The van der Waals surface area contributed by atoms with Gasteiger partial charge in [-0.25, -0.2) is 0 Å². The lowest BCUT2D eigenvalue weighted by atomic mass is 9.80. The molecule has 2 unspecified atom stereocenters. The van der Waals surface area contributed by atoms with Gasteiger partial charge in [-0.05, 0) is 31.2 Å². The molecule has 1 N–H and O–H groups in total. The highest BCUT2D eigenvalue weighted by Gasteiger charge is 2.27. The summed E-state index contributed by atoms with van der Waals surface area (Å²) in [4.78, 5) is 0. The standard InChI is InChI=1S/C11H23N.2C2H6/c1-10-6-4-5-7-11(2,8-10)9-12-3;2*1-2/h10,12H,4-9H2,1-3H3;2*1-2H3. The van der Waals surface area contributed by atoms with Crippen molar-refractivity contribution < 1.29 is 0 Å². The lowest BCUT2D eigenvalue weighted by Gasteiger charge is -2.29. The van der Waals surface area contributed by atoms with Crippen molar-refractivity contribution in [2.75, 3.05) is 13.6 Å². The fraction of sp³-hybridized carbons (Fsp3) is 1.00. The second-order valence-corrected chi connectivity index (χ2v) is 4.90. The molecule has 0 spiro atoms. The van der Waals surface area contributed by atoms with Crippen LogP contribution in [-0.4, -0.2) is 13.6 Å². The average molecular weight is 229 g/mol. The molecule has 0 amide bonds. The van der Waals surface area contributed by atoms with Crippen molar-refractivity contribution in [3.63, 3.8) is 0 Å². The van der Waals surface area contributed by atoms with E-state index in [2.05, 4.69) is 26.2 Å². The first kappa shape index (κ1) is 18.3. The topological polar surface area (TPSA) is 12.0 Å². The third-order valence-corrected chi connectivity index (χ3v) is 3.17. The molecule has 16 heavy (non-hydrogen) atoms. The SMILES string of the molecule is CC.CC.CNCC1(C)CCCCC(C)C1. The summed E-state index contributed by atoms with van der Waals surface area (Å²) in [6.07, 6.45) is 7.15. The van der Waals surface area contributed by atoms with E-state index in [1.807, 2.05) is 27.7 Å². The molecule has 1 saturated carbocycles. The van der Waals surface area contributed by atoms with Gasteiger partial charge in [-0.3, -0.25) is 0 Å². The molecule has 0 saturated heterocycles. The molecule has 100 valence electrons. The molecule has 0 aromatic heterocycles. The van der Waals surface area contributed by atoms with Crippen LogP contribution in [0, 0.1) is 11.3 Å². The summed E-state index contributed by atoms with van der Waals surface area (Å²) in [6, 6.07) is 0. The van der Waals surface area contributed by atoms with Gasteiger partial charge in [-0.15, -0.1) is 0 Å². The highest BCUT2D eigenvalue weighted by molar-refractivity contribution is 4.81. The summed E-state index contributed by atoms with van der Waals surface area (Å²) in [5, 5.41) is 3.33. The zero-order valence-electron chi connectivity index (χ0n) is 12.8. The van der Waals surface area contributed by atoms with Crippen LogP contribution in [-0.2, 0) is 0 Å². The molecule has 1 heteroatoms. The van der Waals surface area contributed by atoms with Crippen molar-refractivity contribution in [2.24, 2.45) is 11.3 Å². The predicted molar refractivity (Wildman–Crippen MR) is 77.0 cm³/mol. The highest BCUT2D eigenvalue weighted by atomic mass is 14.8. The van der Waals surface area contributed by atoms with Gasteiger partial charge in [-0.2, -0.15) is 0 Å². The second-order valence-electron chi connectivity index (χ2n) is 4.90. The van der Waals surface area contributed by atoms with Gasteiger partial charge in [0.1, 0.15) is 0 Å². The van der Waals surface area contributed by atoms with Gasteiger partial charge in [0.05, 0.1) is 0 Å². The number of hydrogen-bond acceptors (Lipinski definition) is 1. The molecule has 0 aromatic rings. The Bertz CT molecular complexity index is 133. The molecule has 1 aliphatic rings. The van der Waals surface area contributed by atoms with Crippen LogP contribution in [0.3, 0.4) is 0 Å². The van der Waals surface area contributed by atoms with Crippen LogP contribution in [0.15, 0.2) is 0 Å². The Morgan fingerprint density at radius 2 is 1.69 bits per heavy atom. The maximum atomic E-state index is 3.33. The van der Waals surface area contributed by atoms with Crippen LogP contribution in [0.1, 0.15) is 73.6 Å². The Morgan fingerprint density at radius 3 is 2.19 bits per heavy atom. The van der Waals surface area contributed by atoms with E-state index >= 15 is 0 Å². The zero-order valence-corrected chi connectivity index (χ0v) is 12.8. The first-order valence-corrected chi connectivity index (χ1v) is 7.31. The van der Waals surface area contributed by atoms with Crippen LogP contribution in [0.5, 0.6) is 0 Å². The van der Waals surface area contributed by atoms with Gasteiger partial charge in [0.25, 0.3) is 0 Å². The molecule has 1 nitrogen and oxygen atoms in total. The lowest BCUT2D eigenvalue weighted by Crippen LogP contribution is -2.30. The summed E-state index contributed by atoms with van der Waals surface area (Å²) < 4.78 is 0. The van der Waals surface area contributed by atoms with Gasteiger partial charge >= 0.3 is 0 Å². The van der Waals surface area contributed by atoms with Gasteiger partial charge in [0, 0.05) is 6.54 Å². The fourth-order valence-corrected chi connectivity index (χ4v) is 2.68. The minimum absolute atomic E-state index is 0.574. The van der Waals surface area contributed by atoms with E-state index < -0.39 is 0 Å². The summed E-state index contributed by atoms with van der Waals surface area (Å²) in [5.41, 5.74) is 0.574. The molecular formula is C15H35N. The molecule has 1 rings (SSSR count). The highest BCUT2D eigenvalue weighted by Crippen LogP contribution is 2.36. The minimum Gasteiger partial charge on any atom is -0.319 e. The predicted octanol–water partition coefficient (Wildman–Crippen LogP) is 4.86. The summed E-state index contributed by atoms with van der Waals surface area (Å²) in [7, 11) is 2.07. The molecule has 0 radical (unpaired) electrons. The first-order chi connectivity index (χ1) is 7.66. The van der Waals surface area contributed by atoms with Crippen LogP contribution in [0.4, 0.5) is 0 Å². The van der Waals surface area contributed by atoms with Gasteiger partial charge in [0.15, 0.2) is 0 Å².